The van der Waals surface area contributed by atoms with Crippen LogP contribution >= 0.6 is 0 Å². The smallest absolute Gasteiger partial charge is 0.165 e. The third kappa shape index (κ3) is 2.45. The molecule has 0 saturated carbocycles. The highest BCUT2D eigenvalue weighted by Gasteiger charge is 2.17. The van der Waals surface area contributed by atoms with Gasteiger partial charge in [0.25, 0.3) is 0 Å². The van der Waals surface area contributed by atoms with Gasteiger partial charge in [0.2, 0.25) is 0 Å². The number of nitrogens with zero attached hydrogens (tertiary/aromatic N) is 1. The van der Waals surface area contributed by atoms with Crippen LogP contribution in [0.4, 0.5) is 4.39 Å². The molecule has 0 bridgehead atoms. The number of aromatic nitrogens is 2. The largest absolute Gasteiger partial charge is 0.491 e. The van der Waals surface area contributed by atoms with Crippen LogP contribution in [0.1, 0.15) is 36.7 Å². The topological polar surface area (TPSA) is 37.9 Å². The standard InChI is InChI=1S/C18H19FN2O/c1-4-22-17-9-15-13(8-16(17)19)6-5-7-14(15)11(2)18-12(3)20-10-21-18/h5-11H,4H2,1-3H3,(H,20,21). The molecule has 22 heavy (non-hydrogen) atoms. The first-order chi connectivity index (χ1) is 10.6. The van der Waals surface area contributed by atoms with Crippen molar-refractivity contribution in [1.29, 1.82) is 0 Å². The summed E-state index contributed by atoms with van der Waals surface area (Å²) in [5.74, 6) is 0.0957. The minimum Gasteiger partial charge on any atom is -0.491 e. The fourth-order valence-corrected chi connectivity index (χ4v) is 2.90. The van der Waals surface area contributed by atoms with Crippen LogP contribution in [0.5, 0.6) is 5.75 Å². The van der Waals surface area contributed by atoms with Gasteiger partial charge in [-0.2, -0.15) is 0 Å². The van der Waals surface area contributed by atoms with Crippen molar-refractivity contribution in [2.45, 2.75) is 26.7 Å². The SMILES string of the molecule is CCOc1cc2c(C(C)c3nc[nH]c3C)cccc2cc1F. The van der Waals surface area contributed by atoms with E-state index in [0.29, 0.717) is 12.4 Å². The van der Waals surface area contributed by atoms with Gasteiger partial charge in [0.05, 0.1) is 18.6 Å². The number of H-pyrrole nitrogens is 1. The molecule has 1 heterocycles. The van der Waals surface area contributed by atoms with Gasteiger partial charge in [0, 0.05) is 11.6 Å². The number of hydrogen-bond acceptors (Lipinski definition) is 2. The summed E-state index contributed by atoms with van der Waals surface area (Å²) < 4.78 is 19.4. The summed E-state index contributed by atoms with van der Waals surface area (Å²) >= 11 is 0. The van der Waals surface area contributed by atoms with Crippen LogP contribution in [0, 0.1) is 12.7 Å². The Labute approximate surface area is 129 Å². The second-order valence-corrected chi connectivity index (χ2v) is 5.42. The van der Waals surface area contributed by atoms with E-state index in [0.717, 1.165) is 27.7 Å². The van der Waals surface area contributed by atoms with Gasteiger partial charge in [-0.1, -0.05) is 25.1 Å². The number of aromatic amines is 1. The van der Waals surface area contributed by atoms with E-state index in [4.69, 9.17) is 4.74 Å². The highest BCUT2D eigenvalue weighted by Crippen LogP contribution is 2.33. The van der Waals surface area contributed by atoms with Gasteiger partial charge in [-0.25, -0.2) is 9.37 Å². The number of halogens is 1. The van der Waals surface area contributed by atoms with Crippen LogP contribution < -0.4 is 4.74 Å². The second kappa shape index (κ2) is 5.79. The molecule has 1 aromatic heterocycles. The van der Waals surface area contributed by atoms with E-state index in [9.17, 15) is 4.39 Å². The number of hydrogen-bond donors (Lipinski definition) is 1. The maximum atomic E-state index is 14.0. The van der Waals surface area contributed by atoms with Gasteiger partial charge >= 0.3 is 0 Å². The lowest BCUT2D eigenvalue weighted by Crippen LogP contribution is -2.01. The maximum absolute atomic E-state index is 14.0. The number of nitrogens with one attached hydrogen (secondary N) is 1. The Kier molecular flexibility index (Phi) is 3.84. The molecule has 0 saturated heterocycles. The second-order valence-electron chi connectivity index (χ2n) is 5.42. The first-order valence-corrected chi connectivity index (χ1v) is 7.46. The van der Waals surface area contributed by atoms with Crippen molar-refractivity contribution in [3.05, 3.63) is 59.4 Å². The lowest BCUT2D eigenvalue weighted by atomic mass is 9.91. The number of imidazole rings is 1. The van der Waals surface area contributed by atoms with Gasteiger partial charge in [-0.05, 0) is 42.3 Å². The van der Waals surface area contributed by atoms with E-state index < -0.39 is 0 Å². The summed E-state index contributed by atoms with van der Waals surface area (Å²) in [6.07, 6.45) is 1.71. The van der Waals surface area contributed by atoms with Gasteiger partial charge in [0.15, 0.2) is 11.6 Å². The van der Waals surface area contributed by atoms with Gasteiger partial charge in [-0.3, -0.25) is 0 Å². The van der Waals surface area contributed by atoms with Crippen LogP contribution in [0.3, 0.4) is 0 Å². The minimum absolute atomic E-state index is 0.120. The Morgan fingerprint density at radius 3 is 2.82 bits per heavy atom. The van der Waals surface area contributed by atoms with E-state index in [1.165, 1.54) is 6.07 Å². The molecule has 1 atom stereocenters. The fourth-order valence-electron chi connectivity index (χ4n) is 2.90. The van der Waals surface area contributed by atoms with Crippen LogP contribution in [-0.4, -0.2) is 16.6 Å². The van der Waals surface area contributed by atoms with Crippen molar-refractivity contribution >= 4 is 10.8 Å². The zero-order valence-electron chi connectivity index (χ0n) is 13.0. The summed E-state index contributed by atoms with van der Waals surface area (Å²) in [7, 11) is 0. The molecule has 1 N–H and O–H groups in total. The van der Waals surface area contributed by atoms with Crippen LogP contribution in [0.15, 0.2) is 36.7 Å². The summed E-state index contributed by atoms with van der Waals surface area (Å²) in [5, 5.41) is 1.88. The third-order valence-electron chi connectivity index (χ3n) is 4.01. The van der Waals surface area contributed by atoms with Crippen LogP contribution in [0.2, 0.25) is 0 Å². The Morgan fingerprint density at radius 1 is 1.32 bits per heavy atom. The predicted molar refractivity (Wildman–Crippen MR) is 85.9 cm³/mol. The quantitative estimate of drug-likeness (QED) is 0.766. The van der Waals surface area contributed by atoms with Crippen molar-refractivity contribution in [2.24, 2.45) is 0 Å². The molecule has 114 valence electrons. The molecule has 2 aromatic carbocycles. The number of aryl methyl sites for hydroxylation is 1. The van der Waals surface area contributed by atoms with E-state index in [-0.39, 0.29) is 11.7 Å². The summed E-state index contributed by atoms with van der Waals surface area (Å²) in [4.78, 5) is 7.53. The normalized spacial score (nSPS) is 12.5. The Morgan fingerprint density at radius 2 is 2.14 bits per heavy atom. The molecule has 0 fully saturated rings. The van der Waals surface area contributed by atoms with Gasteiger partial charge in [0.1, 0.15) is 0 Å². The lowest BCUT2D eigenvalue weighted by Gasteiger charge is -2.15. The number of ether oxygens (including phenoxy) is 1. The monoisotopic (exact) mass is 298 g/mol. The van der Waals surface area contributed by atoms with Gasteiger partial charge in [-0.15, -0.1) is 0 Å². The average molecular weight is 298 g/mol. The molecule has 0 aliphatic heterocycles. The van der Waals surface area contributed by atoms with E-state index >= 15 is 0 Å². The van der Waals surface area contributed by atoms with Gasteiger partial charge < -0.3 is 9.72 Å². The maximum Gasteiger partial charge on any atom is 0.165 e. The third-order valence-corrected chi connectivity index (χ3v) is 4.01. The first-order valence-electron chi connectivity index (χ1n) is 7.46. The molecule has 4 heteroatoms. The molecule has 0 amide bonds. The number of fused-ring (bicyclic) bond motifs is 1. The van der Waals surface area contributed by atoms with E-state index in [2.05, 4.69) is 23.0 Å². The molecule has 0 aliphatic rings. The predicted octanol–water partition coefficient (Wildman–Crippen LogP) is 4.56. The van der Waals surface area contributed by atoms with Crippen molar-refractivity contribution in [3.8, 4) is 5.75 Å². The van der Waals surface area contributed by atoms with Crippen LogP contribution in [-0.2, 0) is 0 Å². The molecule has 3 aromatic rings. The zero-order valence-corrected chi connectivity index (χ0v) is 13.0. The summed E-state index contributed by atoms with van der Waals surface area (Å²) in [6, 6.07) is 9.27. The highest BCUT2D eigenvalue weighted by molar-refractivity contribution is 5.88. The van der Waals surface area contributed by atoms with Crippen molar-refractivity contribution < 1.29 is 9.13 Å². The lowest BCUT2D eigenvalue weighted by molar-refractivity contribution is 0.322. The van der Waals surface area contributed by atoms with Crippen molar-refractivity contribution in [1.82, 2.24) is 9.97 Å². The number of benzene rings is 2. The summed E-state index contributed by atoms with van der Waals surface area (Å²) in [5.41, 5.74) is 3.18. The zero-order chi connectivity index (χ0) is 15.7. The Bertz CT molecular complexity index is 810. The average Bonchev–Trinajstić information content (AvgIpc) is 2.93. The minimum atomic E-state index is -0.324. The highest BCUT2D eigenvalue weighted by atomic mass is 19.1. The molecular formula is C18H19FN2O. The summed E-state index contributed by atoms with van der Waals surface area (Å²) in [6.45, 7) is 6.42. The molecule has 0 radical (unpaired) electrons. The molecule has 0 spiro atoms. The Balaban J connectivity index is 2.17. The molecule has 3 rings (SSSR count). The number of rotatable bonds is 4. The van der Waals surface area contributed by atoms with Crippen LogP contribution in [0.25, 0.3) is 10.8 Å². The Hall–Kier alpha value is -2.36. The fraction of sp³-hybridized carbons (Fsp3) is 0.278. The van der Waals surface area contributed by atoms with E-state index in [1.807, 2.05) is 26.0 Å². The molecule has 0 aliphatic carbocycles. The molecular weight excluding hydrogens is 279 g/mol. The van der Waals surface area contributed by atoms with E-state index in [1.54, 1.807) is 12.4 Å². The molecule has 1 unspecified atom stereocenters. The van der Waals surface area contributed by atoms with Crippen molar-refractivity contribution in [3.63, 3.8) is 0 Å². The van der Waals surface area contributed by atoms with Crippen molar-refractivity contribution in [2.75, 3.05) is 6.61 Å². The first kappa shape index (κ1) is 14.6. The molecule has 3 nitrogen and oxygen atoms in total.